The molecule has 1 unspecified atom stereocenters. The van der Waals surface area contributed by atoms with Gasteiger partial charge in [0.1, 0.15) is 0 Å². The van der Waals surface area contributed by atoms with Crippen molar-refractivity contribution in [3.8, 4) is 0 Å². The van der Waals surface area contributed by atoms with E-state index in [1.807, 2.05) is 29.2 Å². The van der Waals surface area contributed by atoms with E-state index in [-0.39, 0.29) is 0 Å². The number of anilines is 1. The Morgan fingerprint density at radius 1 is 1.44 bits per heavy atom. The maximum Gasteiger partial charge on any atom is 0.0608 e. The molecule has 0 aliphatic heterocycles. The van der Waals surface area contributed by atoms with Gasteiger partial charge in [-0.3, -0.25) is 9.67 Å². The van der Waals surface area contributed by atoms with E-state index in [0.29, 0.717) is 6.04 Å². The Kier molecular flexibility index (Phi) is 3.19. The van der Waals surface area contributed by atoms with Gasteiger partial charge in [-0.05, 0) is 31.5 Å². The molecule has 0 aliphatic carbocycles. The van der Waals surface area contributed by atoms with Crippen molar-refractivity contribution in [1.82, 2.24) is 14.8 Å². The summed E-state index contributed by atoms with van der Waals surface area (Å²) in [5, 5.41) is 7.63. The first-order valence-corrected chi connectivity index (χ1v) is 5.40. The van der Waals surface area contributed by atoms with E-state index in [9.17, 15) is 0 Å². The third kappa shape index (κ3) is 2.59. The molecule has 0 bridgehead atoms. The summed E-state index contributed by atoms with van der Waals surface area (Å²) in [6.45, 7) is 5.05. The Labute approximate surface area is 95.3 Å². The summed E-state index contributed by atoms with van der Waals surface area (Å²) >= 11 is 0. The van der Waals surface area contributed by atoms with Crippen molar-refractivity contribution in [2.75, 3.05) is 5.32 Å². The first kappa shape index (κ1) is 10.7. The van der Waals surface area contributed by atoms with Crippen LogP contribution in [0.3, 0.4) is 0 Å². The van der Waals surface area contributed by atoms with E-state index >= 15 is 0 Å². The molecule has 0 saturated heterocycles. The van der Waals surface area contributed by atoms with Crippen LogP contribution in [0.1, 0.15) is 12.5 Å². The quantitative estimate of drug-likeness (QED) is 0.851. The highest BCUT2D eigenvalue weighted by atomic mass is 15.3. The lowest BCUT2D eigenvalue weighted by atomic mass is 10.2. The fourth-order valence-corrected chi connectivity index (χ4v) is 1.64. The van der Waals surface area contributed by atoms with Gasteiger partial charge in [0.05, 0.1) is 6.54 Å². The fraction of sp³-hybridized carbons (Fsp3) is 0.333. The number of pyridine rings is 1. The Balaban J connectivity index is 1.97. The second kappa shape index (κ2) is 4.79. The molecule has 1 atom stereocenters. The van der Waals surface area contributed by atoms with Crippen molar-refractivity contribution in [3.63, 3.8) is 0 Å². The molecule has 0 spiro atoms. The first-order valence-electron chi connectivity index (χ1n) is 5.40. The lowest BCUT2D eigenvalue weighted by Gasteiger charge is -2.16. The highest BCUT2D eigenvalue weighted by molar-refractivity contribution is 5.49. The number of nitrogens with one attached hydrogen (secondary N) is 1. The van der Waals surface area contributed by atoms with Crippen LogP contribution in [0.4, 0.5) is 5.69 Å². The van der Waals surface area contributed by atoms with E-state index < -0.39 is 0 Å². The Morgan fingerprint density at radius 2 is 2.31 bits per heavy atom. The summed E-state index contributed by atoms with van der Waals surface area (Å²) in [4.78, 5) is 4.07. The van der Waals surface area contributed by atoms with Crippen LogP contribution < -0.4 is 5.32 Å². The highest BCUT2D eigenvalue weighted by Gasteiger charge is 2.04. The standard InChI is InChI=1S/C12H16N4/c1-10-8-13-6-4-12(10)15-11(2)9-16-7-3-5-14-16/h3-8,11H,9H2,1-2H3,(H,13,15). The number of hydrogen-bond donors (Lipinski definition) is 1. The smallest absolute Gasteiger partial charge is 0.0608 e. The molecule has 0 fully saturated rings. The van der Waals surface area contributed by atoms with Gasteiger partial charge in [-0.2, -0.15) is 5.10 Å². The summed E-state index contributed by atoms with van der Waals surface area (Å²) < 4.78 is 1.92. The Bertz CT molecular complexity index is 436. The van der Waals surface area contributed by atoms with E-state index in [0.717, 1.165) is 17.8 Å². The third-order valence-corrected chi connectivity index (χ3v) is 2.44. The van der Waals surface area contributed by atoms with Crippen LogP contribution in [0.15, 0.2) is 36.9 Å². The molecule has 16 heavy (non-hydrogen) atoms. The molecule has 0 saturated carbocycles. The topological polar surface area (TPSA) is 42.7 Å². The zero-order valence-electron chi connectivity index (χ0n) is 9.59. The van der Waals surface area contributed by atoms with E-state index in [2.05, 4.69) is 29.2 Å². The number of hydrogen-bond acceptors (Lipinski definition) is 3. The normalized spacial score (nSPS) is 12.4. The number of aryl methyl sites for hydroxylation is 1. The van der Waals surface area contributed by atoms with Crippen LogP contribution in [0.25, 0.3) is 0 Å². The highest BCUT2D eigenvalue weighted by Crippen LogP contribution is 2.13. The maximum absolute atomic E-state index is 4.18. The minimum absolute atomic E-state index is 0.334. The molecule has 0 aliphatic rings. The van der Waals surface area contributed by atoms with Crippen molar-refractivity contribution in [1.29, 1.82) is 0 Å². The molecule has 4 heteroatoms. The van der Waals surface area contributed by atoms with Gasteiger partial charge in [0.2, 0.25) is 0 Å². The summed E-state index contributed by atoms with van der Waals surface area (Å²) in [7, 11) is 0. The molecular formula is C12H16N4. The van der Waals surface area contributed by atoms with Crippen molar-refractivity contribution in [2.24, 2.45) is 0 Å². The summed E-state index contributed by atoms with van der Waals surface area (Å²) in [6.07, 6.45) is 7.43. The largest absolute Gasteiger partial charge is 0.380 e. The Hall–Kier alpha value is -1.84. The molecule has 2 aromatic rings. The molecule has 2 heterocycles. The lowest BCUT2D eigenvalue weighted by Crippen LogP contribution is -2.22. The first-order chi connectivity index (χ1) is 7.75. The summed E-state index contributed by atoms with van der Waals surface area (Å²) in [5.41, 5.74) is 2.30. The van der Waals surface area contributed by atoms with Crippen molar-refractivity contribution in [2.45, 2.75) is 26.4 Å². The zero-order chi connectivity index (χ0) is 11.4. The van der Waals surface area contributed by atoms with Gasteiger partial charge in [0, 0.05) is 36.5 Å². The van der Waals surface area contributed by atoms with Crippen LogP contribution in [-0.2, 0) is 6.54 Å². The van der Waals surface area contributed by atoms with Crippen molar-refractivity contribution in [3.05, 3.63) is 42.5 Å². The predicted molar refractivity (Wildman–Crippen MR) is 64.3 cm³/mol. The molecule has 0 radical (unpaired) electrons. The molecule has 0 aromatic carbocycles. The van der Waals surface area contributed by atoms with E-state index in [1.165, 1.54) is 0 Å². The minimum Gasteiger partial charge on any atom is -0.380 e. The van der Waals surface area contributed by atoms with Gasteiger partial charge in [-0.1, -0.05) is 0 Å². The average Bonchev–Trinajstić information content (AvgIpc) is 2.74. The molecule has 84 valence electrons. The zero-order valence-corrected chi connectivity index (χ0v) is 9.59. The molecule has 0 amide bonds. The van der Waals surface area contributed by atoms with Crippen LogP contribution >= 0.6 is 0 Å². The van der Waals surface area contributed by atoms with Crippen molar-refractivity contribution >= 4 is 5.69 Å². The summed E-state index contributed by atoms with van der Waals surface area (Å²) in [6, 6.07) is 4.26. The van der Waals surface area contributed by atoms with Gasteiger partial charge in [-0.25, -0.2) is 0 Å². The van der Waals surface area contributed by atoms with Gasteiger partial charge >= 0.3 is 0 Å². The maximum atomic E-state index is 4.18. The fourth-order valence-electron chi connectivity index (χ4n) is 1.64. The Morgan fingerprint density at radius 3 is 3.00 bits per heavy atom. The van der Waals surface area contributed by atoms with Gasteiger partial charge in [-0.15, -0.1) is 0 Å². The van der Waals surface area contributed by atoms with Gasteiger partial charge in [0.25, 0.3) is 0 Å². The molecule has 1 N–H and O–H groups in total. The number of rotatable bonds is 4. The minimum atomic E-state index is 0.334. The molecule has 2 aromatic heterocycles. The average molecular weight is 216 g/mol. The van der Waals surface area contributed by atoms with Crippen LogP contribution in [0, 0.1) is 6.92 Å². The van der Waals surface area contributed by atoms with Gasteiger partial charge in [0.15, 0.2) is 0 Å². The lowest BCUT2D eigenvalue weighted by molar-refractivity contribution is 0.560. The van der Waals surface area contributed by atoms with Crippen LogP contribution in [0.5, 0.6) is 0 Å². The van der Waals surface area contributed by atoms with E-state index in [1.54, 1.807) is 12.4 Å². The third-order valence-electron chi connectivity index (χ3n) is 2.44. The summed E-state index contributed by atoms with van der Waals surface area (Å²) in [5.74, 6) is 0. The van der Waals surface area contributed by atoms with Gasteiger partial charge < -0.3 is 5.32 Å². The van der Waals surface area contributed by atoms with Crippen LogP contribution in [0.2, 0.25) is 0 Å². The SMILES string of the molecule is Cc1cnccc1NC(C)Cn1cccn1. The second-order valence-electron chi connectivity index (χ2n) is 3.96. The second-order valence-corrected chi connectivity index (χ2v) is 3.96. The molecular weight excluding hydrogens is 200 g/mol. The number of aromatic nitrogens is 3. The predicted octanol–water partition coefficient (Wildman–Crippen LogP) is 2.09. The number of nitrogens with zero attached hydrogens (tertiary/aromatic N) is 3. The van der Waals surface area contributed by atoms with Crippen molar-refractivity contribution < 1.29 is 0 Å². The molecule has 4 nitrogen and oxygen atoms in total. The molecule has 2 rings (SSSR count). The van der Waals surface area contributed by atoms with E-state index in [4.69, 9.17) is 0 Å². The van der Waals surface area contributed by atoms with Crippen LogP contribution in [-0.4, -0.2) is 20.8 Å². The monoisotopic (exact) mass is 216 g/mol.